The molecule has 1 aliphatic rings. The molecule has 2 heterocycles. The molecule has 4 rings (SSSR count). The monoisotopic (exact) mass is 418 g/mol. The summed E-state index contributed by atoms with van der Waals surface area (Å²) in [6.07, 6.45) is 0.782. The quantitative estimate of drug-likeness (QED) is 0.422. The van der Waals surface area contributed by atoms with Crippen molar-refractivity contribution in [2.24, 2.45) is 0 Å². The predicted octanol–water partition coefficient (Wildman–Crippen LogP) is 5.35. The average molecular weight is 419 g/mol. The van der Waals surface area contributed by atoms with E-state index in [1.54, 1.807) is 28.5 Å². The van der Waals surface area contributed by atoms with Gasteiger partial charge in [-0.3, -0.25) is 9.36 Å². The smallest absolute Gasteiger partial charge is 0.268 e. The van der Waals surface area contributed by atoms with E-state index in [4.69, 9.17) is 16.6 Å². The van der Waals surface area contributed by atoms with Crippen molar-refractivity contribution < 1.29 is 4.39 Å². The molecule has 3 nitrogen and oxygen atoms in total. The van der Waals surface area contributed by atoms with Gasteiger partial charge >= 0.3 is 0 Å². The summed E-state index contributed by atoms with van der Waals surface area (Å²) in [6, 6.07) is 13.6. The Bertz CT molecular complexity index is 1050. The van der Waals surface area contributed by atoms with Crippen LogP contribution in [-0.4, -0.2) is 14.8 Å². The fourth-order valence-corrected chi connectivity index (χ4v) is 5.27. The van der Waals surface area contributed by atoms with Gasteiger partial charge in [-0.25, -0.2) is 9.37 Å². The Morgan fingerprint density at radius 1 is 1.30 bits per heavy atom. The van der Waals surface area contributed by atoms with Crippen LogP contribution in [-0.2, 0) is 12.2 Å². The number of aromatic nitrogens is 2. The Hall–Kier alpha value is -1.76. The molecule has 0 amide bonds. The van der Waals surface area contributed by atoms with Gasteiger partial charge in [-0.15, -0.1) is 11.8 Å². The summed E-state index contributed by atoms with van der Waals surface area (Å²) in [5.74, 6) is 0.299. The first-order valence-electron chi connectivity index (χ1n) is 8.47. The topological polar surface area (TPSA) is 34.9 Å². The van der Waals surface area contributed by atoms with Gasteiger partial charge in [0, 0.05) is 22.4 Å². The Morgan fingerprint density at radius 3 is 2.81 bits per heavy atom. The molecule has 0 saturated carbocycles. The third kappa shape index (κ3) is 3.93. The maximum absolute atomic E-state index is 13.4. The van der Waals surface area contributed by atoms with Crippen LogP contribution < -0.4 is 5.56 Å². The van der Waals surface area contributed by atoms with E-state index in [1.165, 1.54) is 23.9 Å². The average Bonchev–Trinajstić information content (AvgIpc) is 3.02. The molecule has 0 saturated heterocycles. The number of fused-ring (bicyclic) bond motifs is 1. The van der Waals surface area contributed by atoms with Gasteiger partial charge in [0.15, 0.2) is 5.16 Å². The van der Waals surface area contributed by atoms with E-state index in [0.717, 1.165) is 17.7 Å². The number of nitrogens with zero attached hydrogens (tertiary/aromatic N) is 2. The molecule has 0 bridgehead atoms. The van der Waals surface area contributed by atoms with Crippen LogP contribution in [0.15, 0.2) is 63.4 Å². The lowest BCUT2D eigenvalue weighted by atomic mass is 10.2. The molecule has 0 fully saturated rings. The first-order valence-corrected chi connectivity index (χ1v) is 10.7. The van der Waals surface area contributed by atoms with Crippen molar-refractivity contribution in [2.75, 3.05) is 0 Å². The van der Waals surface area contributed by atoms with Crippen LogP contribution in [0.25, 0.3) is 5.69 Å². The van der Waals surface area contributed by atoms with E-state index < -0.39 is 0 Å². The van der Waals surface area contributed by atoms with Crippen LogP contribution in [0.4, 0.5) is 4.39 Å². The lowest BCUT2D eigenvalue weighted by Crippen LogP contribution is -2.23. The molecule has 1 aromatic heterocycles. The summed E-state index contributed by atoms with van der Waals surface area (Å²) in [6.45, 7) is 2.09. The minimum atomic E-state index is -0.336. The third-order valence-electron chi connectivity index (χ3n) is 4.22. The minimum absolute atomic E-state index is 0.0884. The van der Waals surface area contributed by atoms with Gasteiger partial charge in [0.05, 0.1) is 16.3 Å². The minimum Gasteiger partial charge on any atom is -0.268 e. The van der Waals surface area contributed by atoms with E-state index in [-0.39, 0.29) is 11.4 Å². The molecule has 0 N–H and O–H groups in total. The van der Waals surface area contributed by atoms with Crippen molar-refractivity contribution in [1.82, 2.24) is 9.55 Å². The van der Waals surface area contributed by atoms with Crippen molar-refractivity contribution in [3.63, 3.8) is 0 Å². The van der Waals surface area contributed by atoms with Crippen LogP contribution in [0.5, 0.6) is 0 Å². The SMILES string of the molecule is CC1Cc2nc(SCc3cccc(Cl)c3)n(-c3ccc(F)cc3)c(=O)c2S1. The van der Waals surface area contributed by atoms with E-state index in [9.17, 15) is 9.18 Å². The molecular formula is C20H16ClFN2OS2. The second-order valence-electron chi connectivity index (χ2n) is 6.34. The van der Waals surface area contributed by atoms with Crippen LogP contribution in [0.1, 0.15) is 18.2 Å². The number of hydrogen-bond acceptors (Lipinski definition) is 4. The number of hydrogen-bond donors (Lipinski definition) is 0. The van der Waals surface area contributed by atoms with Crippen LogP contribution in [0.2, 0.25) is 5.02 Å². The Labute approximate surface area is 170 Å². The molecule has 7 heteroatoms. The fraction of sp³-hybridized carbons (Fsp3) is 0.200. The number of rotatable bonds is 4. The number of halogens is 2. The highest BCUT2D eigenvalue weighted by Crippen LogP contribution is 2.35. The molecule has 27 heavy (non-hydrogen) atoms. The molecule has 138 valence electrons. The van der Waals surface area contributed by atoms with Gasteiger partial charge in [0.25, 0.3) is 5.56 Å². The first-order chi connectivity index (χ1) is 13.0. The molecule has 1 unspecified atom stereocenters. The van der Waals surface area contributed by atoms with E-state index in [1.807, 2.05) is 24.3 Å². The molecular weight excluding hydrogens is 403 g/mol. The van der Waals surface area contributed by atoms with E-state index in [2.05, 4.69) is 6.92 Å². The highest BCUT2D eigenvalue weighted by Gasteiger charge is 2.26. The van der Waals surface area contributed by atoms with Gasteiger partial charge in [-0.2, -0.15) is 0 Å². The molecule has 1 aliphatic heterocycles. The summed E-state index contributed by atoms with van der Waals surface area (Å²) in [5, 5.41) is 1.62. The summed E-state index contributed by atoms with van der Waals surface area (Å²) in [5.41, 5.74) is 2.43. The zero-order chi connectivity index (χ0) is 19.0. The second-order valence-corrected chi connectivity index (χ2v) is 9.17. The largest absolute Gasteiger partial charge is 0.272 e. The zero-order valence-corrected chi connectivity index (χ0v) is 16.9. The first kappa shape index (κ1) is 18.6. The zero-order valence-electron chi connectivity index (χ0n) is 14.5. The van der Waals surface area contributed by atoms with Crippen molar-refractivity contribution in [1.29, 1.82) is 0 Å². The summed E-state index contributed by atoms with van der Waals surface area (Å²) in [4.78, 5) is 18.6. The normalized spacial score (nSPS) is 15.7. The fourth-order valence-electron chi connectivity index (χ4n) is 2.99. The third-order valence-corrected chi connectivity index (χ3v) is 6.68. The Morgan fingerprint density at radius 2 is 2.07 bits per heavy atom. The van der Waals surface area contributed by atoms with Gasteiger partial charge < -0.3 is 0 Å². The lowest BCUT2D eigenvalue weighted by Gasteiger charge is -2.14. The Balaban J connectivity index is 1.77. The highest BCUT2D eigenvalue weighted by molar-refractivity contribution is 8.00. The maximum Gasteiger partial charge on any atom is 0.272 e. The summed E-state index contributed by atoms with van der Waals surface area (Å²) in [7, 11) is 0. The van der Waals surface area contributed by atoms with E-state index in [0.29, 0.717) is 31.8 Å². The van der Waals surface area contributed by atoms with Crippen LogP contribution in [0.3, 0.4) is 0 Å². The van der Waals surface area contributed by atoms with Gasteiger partial charge in [-0.1, -0.05) is 42.4 Å². The van der Waals surface area contributed by atoms with Crippen molar-refractivity contribution in [2.45, 2.75) is 34.4 Å². The Kier molecular flexibility index (Phi) is 5.30. The van der Waals surface area contributed by atoms with E-state index >= 15 is 0 Å². The maximum atomic E-state index is 13.4. The van der Waals surface area contributed by atoms with Gasteiger partial charge in [-0.05, 0) is 42.0 Å². The predicted molar refractivity (Wildman–Crippen MR) is 110 cm³/mol. The molecule has 0 spiro atoms. The lowest BCUT2D eigenvalue weighted by molar-refractivity contribution is 0.626. The second kappa shape index (κ2) is 7.70. The molecule has 2 aromatic carbocycles. The van der Waals surface area contributed by atoms with Crippen LogP contribution in [0, 0.1) is 5.82 Å². The highest BCUT2D eigenvalue weighted by atomic mass is 35.5. The molecule has 0 aliphatic carbocycles. The number of thioether (sulfide) groups is 2. The van der Waals surface area contributed by atoms with Gasteiger partial charge in [0.1, 0.15) is 5.82 Å². The standard InChI is InChI=1S/C20H16ClFN2OS2/c1-12-9-17-18(27-12)19(25)24(16-7-5-15(22)6-8-16)20(23-17)26-11-13-3-2-4-14(21)10-13/h2-8,10,12H,9,11H2,1H3. The number of benzene rings is 2. The van der Waals surface area contributed by atoms with Crippen molar-refractivity contribution in [3.05, 3.63) is 81.0 Å². The summed E-state index contributed by atoms with van der Waals surface area (Å²) < 4.78 is 14.9. The summed E-state index contributed by atoms with van der Waals surface area (Å²) >= 11 is 9.11. The molecule has 3 aromatic rings. The van der Waals surface area contributed by atoms with Crippen LogP contribution >= 0.6 is 35.1 Å². The van der Waals surface area contributed by atoms with Crippen molar-refractivity contribution in [3.8, 4) is 5.69 Å². The van der Waals surface area contributed by atoms with Gasteiger partial charge in [0.2, 0.25) is 0 Å². The molecule has 1 atom stereocenters. The van der Waals surface area contributed by atoms with Crippen molar-refractivity contribution >= 4 is 35.1 Å². The molecule has 0 radical (unpaired) electrons.